The Hall–Kier alpha value is -3.22. The number of amides is 2. The van der Waals surface area contributed by atoms with Crippen molar-refractivity contribution in [1.29, 1.82) is 0 Å². The SMILES string of the molecule is COc1cc(OC)cc(C(=O)Nc2ccc(OC)c(NC(=O)C3CCCCC3)c2)c1. The Balaban J connectivity index is 1.77. The van der Waals surface area contributed by atoms with Crippen LogP contribution in [0.15, 0.2) is 36.4 Å². The van der Waals surface area contributed by atoms with E-state index in [0.717, 1.165) is 25.7 Å². The molecule has 1 fully saturated rings. The summed E-state index contributed by atoms with van der Waals surface area (Å²) in [4.78, 5) is 25.4. The molecular formula is C23H28N2O5. The summed E-state index contributed by atoms with van der Waals surface area (Å²) in [7, 11) is 4.61. The Kier molecular flexibility index (Phi) is 7.17. The fourth-order valence-electron chi connectivity index (χ4n) is 3.62. The molecule has 0 atom stereocenters. The second kappa shape index (κ2) is 10.0. The van der Waals surface area contributed by atoms with Gasteiger partial charge in [-0.15, -0.1) is 0 Å². The topological polar surface area (TPSA) is 85.9 Å². The van der Waals surface area contributed by atoms with Gasteiger partial charge in [-0.25, -0.2) is 0 Å². The monoisotopic (exact) mass is 412 g/mol. The Morgan fingerprint density at radius 1 is 0.833 bits per heavy atom. The van der Waals surface area contributed by atoms with Gasteiger partial charge in [-0.3, -0.25) is 9.59 Å². The number of anilines is 2. The minimum absolute atomic E-state index is 0.00555. The molecule has 0 saturated heterocycles. The lowest BCUT2D eigenvalue weighted by atomic mass is 9.88. The summed E-state index contributed by atoms with van der Waals surface area (Å²) in [5, 5.41) is 5.81. The number of rotatable bonds is 7. The Morgan fingerprint density at radius 3 is 2.10 bits per heavy atom. The molecule has 30 heavy (non-hydrogen) atoms. The van der Waals surface area contributed by atoms with E-state index in [1.807, 2.05) is 0 Å². The first-order chi connectivity index (χ1) is 14.5. The minimum atomic E-state index is -0.318. The Labute approximate surface area is 176 Å². The fourth-order valence-corrected chi connectivity index (χ4v) is 3.62. The molecule has 3 rings (SSSR count). The minimum Gasteiger partial charge on any atom is -0.497 e. The van der Waals surface area contributed by atoms with Gasteiger partial charge in [-0.2, -0.15) is 0 Å². The number of nitrogens with one attached hydrogen (secondary N) is 2. The standard InChI is InChI=1S/C23H28N2O5/c1-28-18-11-16(12-19(14-18)29-2)23(27)24-17-9-10-21(30-3)20(13-17)25-22(26)15-7-5-4-6-8-15/h9-15H,4-8H2,1-3H3,(H,24,27)(H,25,26). The summed E-state index contributed by atoms with van der Waals surface area (Å²) >= 11 is 0. The van der Waals surface area contributed by atoms with E-state index in [2.05, 4.69) is 10.6 Å². The van der Waals surface area contributed by atoms with E-state index in [4.69, 9.17) is 14.2 Å². The third-order valence-electron chi connectivity index (χ3n) is 5.30. The van der Waals surface area contributed by atoms with Gasteiger partial charge in [0.2, 0.25) is 5.91 Å². The van der Waals surface area contributed by atoms with Crippen molar-refractivity contribution in [3.63, 3.8) is 0 Å². The molecule has 0 unspecified atom stereocenters. The van der Waals surface area contributed by atoms with Gasteiger partial charge in [0.1, 0.15) is 17.2 Å². The number of benzene rings is 2. The van der Waals surface area contributed by atoms with E-state index in [0.29, 0.717) is 34.2 Å². The fraction of sp³-hybridized carbons (Fsp3) is 0.391. The summed E-state index contributed by atoms with van der Waals surface area (Å²) in [5.41, 5.74) is 1.48. The molecule has 2 aromatic carbocycles. The largest absolute Gasteiger partial charge is 0.497 e. The van der Waals surface area contributed by atoms with Crippen LogP contribution in [0.1, 0.15) is 42.5 Å². The van der Waals surface area contributed by atoms with Crippen LogP contribution in [-0.4, -0.2) is 33.1 Å². The highest BCUT2D eigenvalue weighted by Gasteiger charge is 2.22. The number of hydrogen-bond donors (Lipinski definition) is 2. The lowest BCUT2D eigenvalue weighted by Crippen LogP contribution is -2.25. The maximum absolute atomic E-state index is 12.7. The summed E-state index contributed by atoms with van der Waals surface area (Å²) < 4.78 is 15.8. The van der Waals surface area contributed by atoms with Crippen molar-refractivity contribution in [2.75, 3.05) is 32.0 Å². The quantitative estimate of drug-likeness (QED) is 0.700. The smallest absolute Gasteiger partial charge is 0.255 e. The molecule has 0 aromatic heterocycles. The Bertz CT molecular complexity index is 884. The van der Waals surface area contributed by atoms with E-state index < -0.39 is 0 Å². The number of carbonyl (C=O) groups is 2. The molecule has 2 N–H and O–H groups in total. The van der Waals surface area contributed by atoms with E-state index >= 15 is 0 Å². The number of hydrogen-bond acceptors (Lipinski definition) is 5. The lowest BCUT2D eigenvalue weighted by molar-refractivity contribution is -0.120. The first-order valence-corrected chi connectivity index (χ1v) is 10.1. The molecule has 1 aliphatic rings. The van der Waals surface area contributed by atoms with Crippen LogP contribution in [0.2, 0.25) is 0 Å². The number of ether oxygens (including phenoxy) is 3. The van der Waals surface area contributed by atoms with Crippen LogP contribution >= 0.6 is 0 Å². The average Bonchev–Trinajstić information content (AvgIpc) is 2.79. The Morgan fingerprint density at radius 2 is 1.50 bits per heavy atom. The van der Waals surface area contributed by atoms with Gasteiger partial charge in [-0.1, -0.05) is 19.3 Å². The van der Waals surface area contributed by atoms with Crippen molar-refractivity contribution in [3.05, 3.63) is 42.0 Å². The summed E-state index contributed by atoms with van der Waals surface area (Å²) in [6.07, 6.45) is 5.15. The molecular weight excluding hydrogens is 384 g/mol. The molecule has 0 bridgehead atoms. The van der Waals surface area contributed by atoms with Crippen molar-refractivity contribution >= 4 is 23.2 Å². The first kappa shape index (κ1) is 21.5. The van der Waals surface area contributed by atoms with Crippen molar-refractivity contribution in [3.8, 4) is 17.2 Å². The molecule has 2 aromatic rings. The lowest BCUT2D eigenvalue weighted by Gasteiger charge is -2.21. The summed E-state index contributed by atoms with van der Waals surface area (Å²) in [6, 6.07) is 10.1. The van der Waals surface area contributed by atoms with Crippen LogP contribution in [0.25, 0.3) is 0 Å². The number of carbonyl (C=O) groups excluding carboxylic acids is 2. The third kappa shape index (κ3) is 5.23. The summed E-state index contributed by atoms with van der Waals surface area (Å²) in [5.74, 6) is 1.28. The normalized spacial score (nSPS) is 14.0. The second-order valence-corrected chi connectivity index (χ2v) is 7.29. The van der Waals surface area contributed by atoms with Crippen LogP contribution in [0.5, 0.6) is 17.2 Å². The van der Waals surface area contributed by atoms with Crippen LogP contribution in [-0.2, 0) is 4.79 Å². The van der Waals surface area contributed by atoms with Gasteiger partial charge in [0.25, 0.3) is 5.91 Å². The van der Waals surface area contributed by atoms with E-state index in [9.17, 15) is 9.59 Å². The van der Waals surface area contributed by atoms with E-state index in [1.165, 1.54) is 20.6 Å². The predicted octanol–water partition coefficient (Wildman–Crippen LogP) is 4.48. The zero-order chi connectivity index (χ0) is 21.5. The molecule has 2 amide bonds. The molecule has 1 aliphatic carbocycles. The van der Waals surface area contributed by atoms with Gasteiger partial charge in [0.15, 0.2) is 0 Å². The highest BCUT2D eigenvalue weighted by atomic mass is 16.5. The molecule has 0 heterocycles. The molecule has 160 valence electrons. The van der Waals surface area contributed by atoms with Crippen LogP contribution in [0.3, 0.4) is 0 Å². The van der Waals surface area contributed by atoms with Crippen LogP contribution < -0.4 is 24.8 Å². The van der Waals surface area contributed by atoms with Gasteiger partial charge in [-0.05, 0) is 43.2 Å². The second-order valence-electron chi connectivity index (χ2n) is 7.29. The average molecular weight is 412 g/mol. The highest BCUT2D eigenvalue weighted by molar-refractivity contribution is 6.05. The van der Waals surface area contributed by atoms with Gasteiger partial charge in [0.05, 0.1) is 27.0 Å². The maximum atomic E-state index is 12.7. The highest BCUT2D eigenvalue weighted by Crippen LogP contribution is 2.31. The molecule has 7 nitrogen and oxygen atoms in total. The van der Waals surface area contributed by atoms with E-state index in [-0.39, 0.29) is 17.7 Å². The number of methoxy groups -OCH3 is 3. The van der Waals surface area contributed by atoms with Gasteiger partial charge in [0, 0.05) is 23.2 Å². The van der Waals surface area contributed by atoms with Crippen molar-refractivity contribution in [2.24, 2.45) is 5.92 Å². The molecule has 0 aliphatic heterocycles. The van der Waals surface area contributed by atoms with E-state index in [1.54, 1.807) is 43.5 Å². The van der Waals surface area contributed by atoms with Gasteiger partial charge >= 0.3 is 0 Å². The molecule has 1 saturated carbocycles. The maximum Gasteiger partial charge on any atom is 0.255 e. The third-order valence-corrected chi connectivity index (χ3v) is 5.30. The zero-order valence-electron chi connectivity index (χ0n) is 17.6. The zero-order valence-corrected chi connectivity index (χ0v) is 17.6. The first-order valence-electron chi connectivity index (χ1n) is 10.1. The molecule has 0 radical (unpaired) electrons. The van der Waals surface area contributed by atoms with Crippen molar-refractivity contribution < 1.29 is 23.8 Å². The predicted molar refractivity (Wildman–Crippen MR) is 116 cm³/mol. The molecule has 7 heteroatoms. The van der Waals surface area contributed by atoms with Crippen LogP contribution in [0.4, 0.5) is 11.4 Å². The van der Waals surface area contributed by atoms with Crippen molar-refractivity contribution in [2.45, 2.75) is 32.1 Å². The van der Waals surface area contributed by atoms with Gasteiger partial charge < -0.3 is 24.8 Å². The molecule has 0 spiro atoms. The van der Waals surface area contributed by atoms with Crippen molar-refractivity contribution in [1.82, 2.24) is 0 Å². The van der Waals surface area contributed by atoms with Crippen LogP contribution in [0, 0.1) is 5.92 Å². The summed E-state index contributed by atoms with van der Waals surface area (Å²) in [6.45, 7) is 0.